The number of benzene rings is 2. The van der Waals surface area contributed by atoms with Gasteiger partial charge < -0.3 is 10.9 Å². The summed E-state index contributed by atoms with van der Waals surface area (Å²) < 4.78 is 3.90. The summed E-state index contributed by atoms with van der Waals surface area (Å²) >= 11 is 0. The molecule has 0 spiro atoms. The second-order valence-corrected chi connectivity index (χ2v) is 9.33. The van der Waals surface area contributed by atoms with E-state index < -0.39 is 0 Å². The van der Waals surface area contributed by atoms with Gasteiger partial charge in [-0.1, -0.05) is 69.2 Å². The lowest BCUT2D eigenvalue weighted by Gasteiger charge is -2.08. The number of para-hydroxylation sites is 2. The van der Waals surface area contributed by atoms with Gasteiger partial charge in [-0.05, 0) is 61.1 Å². The van der Waals surface area contributed by atoms with Crippen molar-refractivity contribution in [3.05, 3.63) is 95.6 Å². The molecule has 7 heteroatoms. The third kappa shape index (κ3) is 7.39. The lowest BCUT2D eigenvalue weighted by atomic mass is 10.1. The lowest BCUT2D eigenvalue weighted by Crippen LogP contribution is -2.05. The summed E-state index contributed by atoms with van der Waals surface area (Å²) in [5.74, 6) is 1.16. The van der Waals surface area contributed by atoms with Crippen LogP contribution in [0.15, 0.2) is 78.0 Å². The maximum atomic E-state index is 8.59. The Hall–Kier alpha value is -3.71. The molecule has 4 aromatic rings. The molecule has 0 aliphatic rings. The minimum atomic E-state index is 0.491. The minimum absolute atomic E-state index is 0.491. The fourth-order valence-corrected chi connectivity index (χ4v) is 3.85. The summed E-state index contributed by atoms with van der Waals surface area (Å²) in [6, 6.07) is 24.2. The third-order valence-corrected chi connectivity index (χ3v) is 5.27. The molecule has 0 saturated heterocycles. The van der Waals surface area contributed by atoms with Crippen molar-refractivity contribution in [1.82, 2.24) is 19.6 Å². The molecule has 7 nitrogen and oxygen atoms in total. The van der Waals surface area contributed by atoms with Gasteiger partial charge in [0.2, 0.25) is 0 Å². The standard InChI is InChI=1S/C14H17N3O.C14H19N3/c1-11(2)8-14-9-12(10-15-18)16-17(14)13-6-4-3-5-7-13;1-11(2)8-14-9-12(10-15)16-17(14)13-6-4-3-5-7-13/h3-7,9-11,18H,8H2,1-2H3;3-7,9,11H,8,10,15H2,1-2H3/b15-10+;. The fourth-order valence-electron chi connectivity index (χ4n) is 3.85. The molecule has 3 N–H and O–H groups in total. The lowest BCUT2D eigenvalue weighted by molar-refractivity contribution is 0.321. The average Bonchev–Trinajstić information content (AvgIpc) is 3.44. The number of rotatable bonds is 8. The molecule has 2 heterocycles. The zero-order chi connectivity index (χ0) is 25.2. The van der Waals surface area contributed by atoms with Crippen LogP contribution in [-0.2, 0) is 19.4 Å². The molecule has 2 aromatic heterocycles. The Balaban J connectivity index is 0.000000196. The van der Waals surface area contributed by atoms with Gasteiger partial charge >= 0.3 is 0 Å². The van der Waals surface area contributed by atoms with E-state index in [0.717, 1.165) is 35.6 Å². The smallest absolute Gasteiger partial charge is 0.107 e. The minimum Gasteiger partial charge on any atom is -0.411 e. The van der Waals surface area contributed by atoms with Gasteiger partial charge in [0.25, 0.3) is 0 Å². The predicted molar refractivity (Wildman–Crippen MR) is 141 cm³/mol. The highest BCUT2D eigenvalue weighted by atomic mass is 16.4. The molecule has 4 rings (SSSR count). The normalized spacial score (nSPS) is 11.3. The van der Waals surface area contributed by atoms with Gasteiger partial charge in [-0.25, -0.2) is 9.36 Å². The van der Waals surface area contributed by atoms with Crippen molar-refractivity contribution in [3.8, 4) is 11.4 Å². The zero-order valence-electron chi connectivity index (χ0n) is 21.0. The molecule has 35 heavy (non-hydrogen) atoms. The number of aromatic nitrogens is 4. The van der Waals surface area contributed by atoms with E-state index in [1.807, 2.05) is 64.0 Å². The Morgan fingerprint density at radius 1 is 0.800 bits per heavy atom. The molecule has 0 amide bonds. The molecule has 0 saturated carbocycles. The van der Waals surface area contributed by atoms with Crippen molar-refractivity contribution in [2.75, 3.05) is 0 Å². The first-order valence-corrected chi connectivity index (χ1v) is 12.1. The van der Waals surface area contributed by atoms with E-state index >= 15 is 0 Å². The first-order valence-electron chi connectivity index (χ1n) is 12.1. The summed E-state index contributed by atoms with van der Waals surface area (Å²) in [5, 5.41) is 20.6. The topological polar surface area (TPSA) is 94.2 Å². The van der Waals surface area contributed by atoms with Crippen LogP contribution in [-0.4, -0.2) is 31.0 Å². The van der Waals surface area contributed by atoms with E-state index in [9.17, 15) is 0 Å². The summed E-state index contributed by atoms with van der Waals surface area (Å²) in [4.78, 5) is 0. The molecule has 0 aliphatic carbocycles. The molecular formula is C28H36N6O. The molecule has 0 atom stereocenters. The molecular weight excluding hydrogens is 436 g/mol. The Labute approximate surface area is 207 Å². The molecule has 0 unspecified atom stereocenters. The maximum Gasteiger partial charge on any atom is 0.107 e. The van der Waals surface area contributed by atoms with E-state index in [1.54, 1.807) is 0 Å². The summed E-state index contributed by atoms with van der Waals surface area (Å²) in [7, 11) is 0. The van der Waals surface area contributed by atoms with Crippen molar-refractivity contribution in [2.45, 2.75) is 47.1 Å². The molecule has 0 fully saturated rings. The molecule has 0 radical (unpaired) electrons. The van der Waals surface area contributed by atoms with Gasteiger partial charge in [-0.3, -0.25) is 0 Å². The Morgan fingerprint density at radius 2 is 1.29 bits per heavy atom. The van der Waals surface area contributed by atoms with Crippen LogP contribution >= 0.6 is 0 Å². The van der Waals surface area contributed by atoms with Gasteiger partial charge in [0.15, 0.2) is 0 Å². The van der Waals surface area contributed by atoms with Gasteiger partial charge in [-0.15, -0.1) is 0 Å². The second-order valence-electron chi connectivity index (χ2n) is 9.33. The summed E-state index contributed by atoms with van der Waals surface area (Å²) in [5.41, 5.74) is 11.7. The van der Waals surface area contributed by atoms with Crippen molar-refractivity contribution in [3.63, 3.8) is 0 Å². The monoisotopic (exact) mass is 472 g/mol. The van der Waals surface area contributed by atoms with Crippen molar-refractivity contribution in [1.29, 1.82) is 0 Å². The van der Waals surface area contributed by atoms with E-state index in [1.165, 1.54) is 11.9 Å². The third-order valence-electron chi connectivity index (χ3n) is 5.27. The first-order chi connectivity index (χ1) is 16.9. The second kappa shape index (κ2) is 12.7. The van der Waals surface area contributed by atoms with Crippen LogP contribution in [0.4, 0.5) is 0 Å². The van der Waals surface area contributed by atoms with Crippen LogP contribution in [0.3, 0.4) is 0 Å². The summed E-state index contributed by atoms with van der Waals surface area (Å²) in [6.45, 7) is 9.25. The van der Waals surface area contributed by atoms with Gasteiger partial charge in [-0.2, -0.15) is 10.2 Å². The van der Waals surface area contributed by atoms with Gasteiger partial charge in [0, 0.05) is 17.9 Å². The molecule has 184 valence electrons. The van der Waals surface area contributed by atoms with E-state index in [4.69, 9.17) is 10.9 Å². The van der Waals surface area contributed by atoms with Gasteiger partial charge in [0.05, 0.1) is 23.3 Å². The van der Waals surface area contributed by atoms with Crippen molar-refractivity contribution < 1.29 is 5.21 Å². The van der Waals surface area contributed by atoms with Crippen LogP contribution < -0.4 is 5.73 Å². The SMILES string of the molecule is CC(C)Cc1cc(/C=N/O)nn1-c1ccccc1.CC(C)Cc1cc(CN)nn1-c1ccccc1. The number of hydrogen-bond donors (Lipinski definition) is 2. The zero-order valence-corrected chi connectivity index (χ0v) is 21.0. The number of oxime groups is 1. The Bertz CT molecular complexity index is 1190. The van der Waals surface area contributed by atoms with E-state index in [0.29, 0.717) is 24.1 Å². The maximum absolute atomic E-state index is 8.59. The predicted octanol–water partition coefficient (Wildman–Crippen LogP) is 5.41. The fraction of sp³-hybridized carbons (Fsp3) is 0.321. The van der Waals surface area contributed by atoms with Crippen LogP contribution in [0, 0.1) is 11.8 Å². The number of nitrogens with zero attached hydrogens (tertiary/aromatic N) is 5. The Morgan fingerprint density at radius 3 is 1.74 bits per heavy atom. The van der Waals surface area contributed by atoms with E-state index in [-0.39, 0.29) is 0 Å². The van der Waals surface area contributed by atoms with Gasteiger partial charge in [0.1, 0.15) is 5.69 Å². The molecule has 2 aromatic carbocycles. The average molecular weight is 473 g/mol. The van der Waals surface area contributed by atoms with E-state index in [2.05, 4.69) is 61.2 Å². The summed E-state index contributed by atoms with van der Waals surface area (Å²) in [6.07, 6.45) is 3.30. The van der Waals surface area contributed by atoms with Crippen LogP contribution in [0.2, 0.25) is 0 Å². The highest BCUT2D eigenvalue weighted by Gasteiger charge is 2.11. The quantitative estimate of drug-likeness (QED) is 0.204. The largest absolute Gasteiger partial charge is 0.411 e. The van der Waals surface area contributed by atoms with Crippen LogP contribution in [0.5, 0.6) is 0 Å². The van der Waals surface area contributed by atoms with Crippen LogP contribution in [0.1, 0.15) is 50.5 Å². The highest BCUT2D eigenvalue weighted by molar-refractivity contribution is 5.76. The van der Waals surface area contributed by atoms with Crippen molar-refractivity contribution in [2.24, 2.45) is 22.7 Å². The highest BCUT2D eigenvalue weighted by Crippen LogP contribution is 2.17. The van der Waals surface area contributed by atoms with Crippen molar-refractivity contribution >= 4 is 6.21 Å². The number of hydrogen-bond acceptors (Lipinski definition) is 5. The van der Waals surface area contributed by atoms with Crippen LogP contribution in [0.25, 0.3) is 11.4 Å². The first kappa shape index (κ1) is 25.9. The molecule has 0 aliphatic heterocycles. The Kier molecular flexibility index (Phi) is 9.38. The number of nitrogens with two attached hydrogens (primary N) is 1. The molecule has 0 bridgehead atoms.